The number of hydrogen-bond donors (Lipinski definition) is 2. The van der Waals surface area contributed by atoms with Gasteiger partial charge >= 0.3 is 0 Å². The van der Waals surface area contributed by atoms with Crippen LogP contribution < -0.4 is 5.73 Å². The third kappa shape index (κ3) is 3.40. The van der Waals surface area contributed by atoms with Crippen LogP contribution in [0.3, 0.4) is 0 Å². The maximum Gasteiger partial charge on any atom is 0.271 e. The number of nitro benzene ring substituents is 1. The molecular formula is C9H14N2O3. The normalized spacial score (nSPS) is 8.79. The molecule has 0 saturated heterocycles. The van der Waals surface area contributed by atoms with Crippen molar-refractivity contribution in [3.05, 3.63) is 33.9 Å². The molecule has 0 saturated carbocycles. The molecule has 78 valence electrons. The first-order valence-electron chi connectivity index (χ1n) is 4.28. The first-order chi connectivity index (χ1) is 6.63. The molecule has 0 aliphatic rings. The second-order valence-corrected chi connectivity index (χ2v) is 2.35. The van der Waals surface area contributed by atoms with Gasteiger partial charge in [0.1, 0.15) is 0 Å². The van der Waals surface area contributed by atoms with Gasteiger partial charge in [-0.3, -0.25) is 10.1 Å². The smallest absolute Gasteiger partial charge is 0.271 e. The van der Waals surface area contributed by atoms with Crippen LogP contribution in [0.2, 0.25) is 0 Å². The standard InChI is InChI=1S/C7H8N2O3.C2H6/c8-6-1-5(4-10)2-7(3-6)9(11)12;1-2/h1-3,10H,4,8H2;1-2H3. The number of nitro groups is 1. The average Bonchev–Trinajstić information content (AvgIpc) is 2.20. The lowest BCUT2D eigenvalue weighted by Gasteiger charge is -1.98. The highest BCUT2D eigenvalue weighted by atomic mass is 16.6. The second kappa shape index (κ2) is 5.93. The molecule has 1 aromatic rings. The molecule has 5 nitrogen and oxygen atoms in total. The van der Waals surface area contributed by atoms with Gasteiger partial charge in [-0.15, -0.1) is 0 Å². The van der Waals surface area contributed by atoms with Gasteiger partial charge in [0.15, 0.2) is 0 Å². The Kier molecular flexibility index (Phi) is 5.24. The van der Waals surface area contributed by atoms with E-state index in [2.05, 4.69) is 0 Å². The fourth-order valence-corrected chi connectivity index (χ4v) is 0.896. The molecule has 1 rings (SSSR count). The topological polar surface area (TPSA) is 89.4 Å². The third-order valence-corrected chi connectivity index (χ3v) is 1.39. The summed E-state index contributed by atoms with van der Waals surface area (Å²) in [7, 11) is 0. The zero-order valence-electron chi connectivity index (χ0n) is 8.23. The number of non-ortho nitro benzene ring substituents is 1. The number of rotatable bonds is 2. The number of nitrogen functional groups attached to an aromatic ring is 1. The second-order valence-electron chi connectivity index (χ2n) is 2.35. The van der Waals surface area contributed by atoms with E-state index in [0.29, 0.717) is 5.56 Å². The van der Waals surface area contributed by atoms with Crippen molar-refractivity contribution in [2.75, 3.05) is 5.73 Å². The van der Waals surface area contributed by atoms with Gasteiger partial charge in [0.05, 0.1) is 11.5 Å². The van der Waals surface area contributed by atoms with Crippen molar-refractivity contribution in [3.8, 4) is 0 Å². The summed E-state index contributed by atoms with van der Waals surface area (Å²) in [5.41, 5.74) is 5.99. The zero-order chi connectivity index (χ0) is 11.1. The van der Waals surface area contributed by atoms with E-state index in [4.69, 9.17) is 10.8 Å². The number of nitrogens with two attached hydrogens (primary N) is 1. The molecule has 14 heavy (non-hydrogen) atoms. The Bertz CT molecular complexity index is 313. The number of nitrogens with zero attached hydrogens (tertiary/aromatic N) is 1. The maximum absolute atomic E-state index is 10.3. The van der Waals surface area contributed by atoms with Gasteiger partial charge < -0.3 is 10.8 Å². The molecule has 0 radical (unpaired) electrons. The molecular weight excluding hydrogens is 184 g/mol. The van der Waals surface area contributed by atoms with Crippen molar-refractivity contribution in [1.29, 1.82) is 0 Å². The van der Waals surface area contributed by atoms with Crippen LogP contribution in [0.5, 0.6) is 0 Å². The minimum absolute atomic E-state index is 0.0981. The predicted molar refractivity (Wildman–Crippen MR) is 54.8 cm³/mol. The van der Waals surface area contributed by atoms with Crippen LogP contribution in [0, 0.1) is 10.1 Å². The molecule has 0 unspecified atom stereocenters. The lowest BCUT2D eigenvalue weighted by molar-refractivity contribution is -0.384. The molecule has 5 heteroatoms. The van der Waals surface area contributed by atoms with E-state index in [1.807, 2.05) is 13.8 Å². The summed E-state index contributed by atoms with van der Waals surface area (Å²) in [4.78, 5) is 9.74. The first kappa shape index (κ1) is 12.4. The van der Waals surface area contributed by atoms with E-state index >= 15 is 0 Å². The van der Waals surface area contributed by atoms with Crippen LogP contribution in [-0.2, 0) is 6.61 Å². The Balaban J connectivity index is 0.000000791. The first-order valence-corrected chi connectivity index (χ1v) is 4.28. The highest BCUT2D eigenvalue weighted by molar-refractivity contribution is 5.50. The molecule has 1 aromatic carbocycles. The van der Waals surface area contributed by atoms with Gasteiger partial charge in [-0.2, -0.15) is 0 Å². The fourth-order valence-electron chi connectivity index (χ4n) is 0.896. The number of aliphatic hydroxyl groups excluding tert-OH is 1. The fraction of sp³-hybridized carbons (Fsp3) is 0.333. The molecule has 0 bridgehead atoms. The van der Waals surface area contributed by atoms with E-state index in [9.17, 15) is 10.1 Å². The monoisotopic (exact) mass is 198 g/mol. The van der Waals surface area contributed by atoms with Crippen LogP contribution >= 0.6 is 0 Å². The maximum atomic E-state index is 10.3. The highest BCUT2D eigenvalue weighted by Crippen LogP contribution is 2.18. The Hall–Kier alpha value is -1.62. The van der Waals surface area contributed by atoms with Crippen molar-refractivity contribution >= 4 is 11.4 Å². The van der Waals surface area contributed by atoms with Crippen molar-refractivity contribution in [2.45, 2.75) is 20.5 Å². The summed E-state index contributed by atoms with van der Waals surface area (Å²) >= 11 is 0. The summed E-state index contributed by atoms with van der Waals surface area (Å²) in [5, 5.41) is 19.0. The molecule has 3 N–H and O–H groups in total. The van der Waals surface area contributed by atoms with Gasteiger partial charge in [0.2, 0.25) is 0 Å². The van der Waals surface area contributed by atoms with Gasteiger partial charge in [-0.25, -0.2) is 0 Å². The summed E-state index contributed by atoms with van der Waals surface area (Å²) < 4.78 is 0. The Morgan fingerprint density at radius 3 is 2.43 bits per heavy atom. The van der Waals surface area contributed by atoms with Crippen LogP contribution in [0.25, 0.3) is 0 Å². The van der Waals surface area contributed by atoms with E-state index in [1.54, 1.807) is 0 Å². The summed E-state index contributed by atoms with van der Waals surface area (Å²) in [6.07, 6.45) is 0. The molecule has 0 spiro atoms. The van der Waals surface area contributed by atoms with Crippen LogP contribution in [-0.4, -0.2) is 10.0 Å². The largest absolute Gasteiger partial charge is 0.399 e. The van der Waals surface area contributed by atoms with Crippen molar-refractivity contribution in [2.24, 2.45) is 0 Å². The third-order valence-electron chi connectivity index (χ3n) is 1.39. The summed E-state index contributed by atoms with van der Waals surface area (Å²) in [6.45, 7) is 3.76. The van der Waals surface area contributed by atoms with Crippen molar-refractivity contribution in [3.63, 3.8) is 0 Å². The number of hydrogen-bond acceptors (Lipinski definition) is 4. The molecule has 0 aliphatic heterocycles. The summed E-state index contributed by atoms with van der Waals surface area (Å²) in [6, 6.07) is 4.03. The van der Waals surface area contributed by atoms with E-state index in [-0.39, 0.29) is 18.0 Å². The molecule has 0 fully saturated rings. The molecule has 0 aliphatic carbocycles. The Labute approximate surface area is 82.3 Å². The van der Waals surface area contributed by atoms with Crippen molar-refractivity contribution < 1.29 is 10.0 Å². The van der Waals surface area contributed by atoms with Crippen LogP contribution in [0.1, 0.15) is 19.4 Å². The predicted octanol–water partition coefficient (Wildman–Crippen LogP) is 1.70. The minimum atomic E-state index is -0.546. The van der Waals surface area contributed by atoms with Gasteiger partial charge in [0.25, 0.3) is 5.69 Å². The minimum Gasteiger partial charge on any atom is -0.399 e. The van der Waals surface area contributed by atoms with E-state index in [0.717, 1.165) is 0 Å². The quantitative estimate of drug-likeness (QED) is 0.430. The van der Waals surface area contributed by atoms with Crippen molar-refractivity contribution in [1.82, 2.24) is 0 Å². The van der Waals surface area contributed by atoms with Gasteiger partial charge in [-0.05, 0) is 11.6 Å². The van der Waals surface area contributed by atoms with E-state index < -0.39 is 4.92 Å². The lowest BCUT2D eigenvalue weighted by atomic mass is 10.2. The SMILES string of the molecule is CC.Nc1cc(CO)cc([N+](=O)[O-])c1. The molecule has 0 aromatic heterocycles. The number of anilines is 1. The number of benzene rings is 1. The number of aliphatic hydroxyl groups is 1. The Morgan fingerprint density at radius 1 is 1.43 bits per heavy atom. The van der Waals surface area contributed by atoms with Crippen LogP contribution in [0.4, 0.5) is 11.4 Å². The van der Waals surface area contributed by atoms with Crippen LogP contribution in [0.15, 0.2) is 18.2 Å². The molecule has 0 amide bonds. The summed E-state index contributed by atoms with van der Waals surface area (Å²) in [5.74, 6) is 0. The zero-order valence-corrected chi connectivity index (χ0v) is 8.23. The van der Waals surface area contributed by atoms with Gasteiger partial charge in [-0.1, -0.05) is 13.8 Å². The van der Waals surface area contributed by atoms with E-state index in [1.165, 1.54) is 18.2 Å². The highest BCUT2D eigenvalue weighted by Gasteiger charge is 2.07. The average molecular weight is 198 g/mol. The lowest BCUT2D eigenvalue weighted by Crippen LogP contribution is -1.94. The molecule has 0 atom stereocenters. The van der Waals surface area contributed by atoms with Gasteiger partial charge in [0, 0.05) is 17.8 Å². The Morgan fingerprint density at radius 2 is 2.00 bits per heavy atom. The molecule has 0 heterocycles.